The van der Waals surface area contributed by atoms with E-state index in [1.807, 2.05) is 18.2 Å². The summed E-state index contributed by atoms with van der Waals surface area (Å²) in [4.78, 5) is 0. The Hall–Kier alpha value is -1.23. The van der Waals surface area contributed by atoms with Crippen LogP contribution < -0.4 is 10.2 Å². The zero-order valence-corrected chi connectivity index (χ0v) is 9.40. The van der Waals surface area contributed by atoms with E-state index in [1.54, 1.807) is 12.1 Å². The maximum Gasteiger partial charge on any atom is 0.492 e. The molecule has 2 N–H and O–H groups in total. The molecule has 3 nitrogen and oxygen atoms in total. The van der Waals surface area contributed by atoms with Gasteiger partial charge >= 0.3 is 7.12 Å². The molecule has 0 aliphatic rings. The number of methoxy groups -OCH3 is 1. The van der Waals surface area contributed by atoms with Crippen molar-refractivity contribution in [3.05, 3.63) is 35.4 Å². The Kier molecular flexibility index (Phi) is 3.05. The number of halogens is 1. The summed E-state index contributed by atoms with van der Waals surface area (Å²) in [6, 6.07) is 9.07. The quantitative estimate of drug-likeness (QED) is 0.770. The van der Waals surface area contributed by atoms with E-state index in [1.165, 1.54) is 7.11 Å². The Labute approximate surface area is 98.4 Å². The first-order chi connectivity index (χ1) is 7.65. The number of rotatable bonds is 2. The summed E-state index contributed by atoms with van der Waals surface area (Å²) in [7, 11) is -0.166. The van der Waals surface area contributed by atoms with Gasteiger partial charge in [0.05, 0.1) is 12.1 Å². The Balaban J connectivity index is 2.87. The van der Waals surface area contributed by atoms with Crippen LogP contribution in [0.5, 0.6) is 5.75 Å². The highest BCUT2D eigenvalue weighted by Gasteiger charge is 2.22. The summed E-state index contributed by atoms with van der Waals surface area (Å²) in [5.74, 6) is 0.301. The van der Waals surface area contributed by atoms with Crippen LogP contribution in [0.1, 0.15) is 0 Å². The van der Waals surface area contributed by atoms with Gasteiger partial charge in [-0.2, -0.15) is 0 Å². The van der Waals surface area contributed by atoms with Crippen LogP contribution in [-0.4, -0.2) is 24.3 Å². The summed E-state index contributed by atoms with van der Waals surface area (Å²) in [5.41, 5.74) is 0.297. The fraction of sp³-hybridized carbons (Fsp3) is 0.0909. The van der Waals surface area contributed by atoms with Crippen LogP contribution in [0.4, 0.5) is 0 Å². The minimum absolute atomic E-state index is 0.297. The number of benzene rings is 2. The first kappa shape index (κ1) is 11.3. The van der Waals surface area contributed by atoms with Gasteiger partial charge in [-0.1, -0.05) is 35.9 Å². The molecule has 2 rings (SSSR count). The van der Waals surface area contributed by atoms with Gasteiger partial charge in [0, 0.05) is 5.46 Å². The van der Waals surface area contributed by atoms with Gasteiger partial charge < -0.3 is 14.8 Å². The average molecular weight is 236 g/mol. The number of hydrogen-bond acceptors (Lipinski definition) is 3. The summed E-state index contributed by atoms with van der Waals surface area (Å²) < 4.78 is 5.09. The number of fused-ring (bicyclic) bond motifs is 1. The maximum atomic E-state index is 9.38. The average Bonchev–Trinajstić information content (AvgIpc) is 2.26. The minimum Gasteiger partial charge on any atom is -0.496 e. The van der Waals surface area contributed by atoms with Crippen LogP contribution in [0.2, 0.25) is 5.02 Å². The van der Waals surface area contributed by atoms with E-state index in [-0.39, 0.29) is 0 Å². The molecule has 2 aromatic rings. The molecule has 0 atom stereocenters. The maximum absolute atomic E-state index is 9.38. The Morgan fingerprint density at radius 3 is 2.56 bits per heavy atom. The minimum atomic E-state index is -1.61. The second-order valence-corrected chi connectivity index (χ2v) is 3.81. The van der Waals surface area contributed by atoms with Crippen molar-refractivity contribution in [3.63, 3.8) is 0 Å². The molecule has 0 aliphatic heterocycles. The summed E-state index contributed by atoms with van der Waals surface area (Å²) in [5, 5.41) is 20.7. The van der Waals surface area contributed by atoms with E-state index in [4.69, 9.17) is 16.3 Å². The third kappa shape index (κ3) is 1.75. The third-order valence-corrected chi connectivity index (χ3v) is 2.74. The van der Waals surface area contributed by atoms with Gasteiger partial charge in [0.2, 0.25) is 0 Å². The van der Waals surface area contributed by atoms with Gasteiger partial charge in [-0.05, 0) is 16.8 Å². The van der Waals surface area contributed by atoms with Crippen LogP contribution in [0.15, 0.2) is 30.3 Å². The molecule has 0 amide bonds. The number of hydrogen-bond donors (Lipinski definition) is 2. The molecule has 0 spiro atoms. The molecular formula is C11H10BClO3. The second kappa shape index (κ2) is 4.33. The first-order valence-corrected chi connectivity index (χ1v) is 5.14. The van der Waals surface area contributed by atoms with E-state index in [0.29, 0.717) is 16.2 Å². The van der Waals surface area contributed by atoms with Gasteiger partial charge in [-0.25, -0.2) is 0 Å². The molecule has 0 heterocycles. The smallest absolute Gasteiger partial charge is 0.492 e. The summed E-state index contributed by atoms with van der Waals surface area (Å²) >= 11 is 6.01. The van der Waals surface area contributed by atoms with Gasteiger partial charge in [0.15, 0.2) is 0 Å². The van der Waals surface area contributed by atoms with Crippen molar-refractivity contribution >= 4 is 35.0 Å². The lowest BCUT2D eigenvalue weighted by Crippen LogP contribution is -2.32. The molecule has 0 saturated heterocycles. The van der Waals surface area contributed by atoms with Gasteiger partial charge in [0.1, 0.15) is 5.75 Å². The van der Waals surface area contributed by atoms with Crippen LogP contribution in [0.3, 0.4) is 0 Å². The van der Waals surface area contributed by atoms with Crippen LogP contribution in [0.25, 0.3) is 10.8 Å². The predicted octanol–water partition coefficient (Wildman–Crippen LogP) is 1.18. The largest absolute Gasteiger partial charge is 0.496 e. The van der Waals surface area contributed by atoms with Gasteiger partial charge in [-0.3, -0.25) is 0 Å². The van der Waals surface area contributed by atoms with E-state index < -0.39 is 7.12 Å². The molecule has 0 saturated carbocycles. The Morgan fingerprint density at radius 1 is 1.25 bits per heavy atom. The molecule has 82 valence electrons. The highest BCUT2D eigenvalue weighted by molar-refractivity contribution is 6.64. The molecule has 0 unspecified atom stereocenters. The lowest BCUT2D eigenvalue weighted by Gasteiger charge is -2.13. The molecule has 5 heteroatoms. The van der Waals surface area contributed by atoms with E-state index in [0.717, 1.165) is 10.8 Å². The molecule has 0 bridgehead atoms. The highest BCUT2D eigenvalue weighted by atomic mass is 35.5. The van der Waals surface area contributed by atoms with Crippen molar-refractivity contribution in [1.29, 1.82) is 0 Å². The normalized spacial score (nSPS) is 10.5. The SMILES string of the molecule is COc1c(Cl)cc2ccccc2c1B(O)O. The van der Waals surface area contributed by atoms with Crippen molar-refractivity contribution < 1.29 is 14.8 Å². The van der Waals surface area contributed by atoms with Gasteiger partial charge in [0.25, 0.3) is 0 Å². The van der Waals surface area contributed by atoms with Crippen molar-refractivity contribution in [1.82, 2.24) is 0 Å². The molecule has 2 aromatic carbocycles. The fourth-order valence-corrected chi connectivity index (χ4v) is 2.08. The van der Waals surface area contributed by atoms with Crippen molar-refractivity contribution in [2.45, 2.75) is 0 Å². The Bertz CT molecular complexity index is 528. The standard InChI is InChI=1S/C11H10BClO3/c1-16-11-9(13)6-7-4-2-3-5-8(7)10(11)12(14)15/h2-6,14-15H,1H3. The lowest BCUT2D eigenvalue weighted by atomic mass is 9.76. The lowest BCUT2D eigenvalue weighted by molar-refractivity contribution is 0.404. The molecule has 0 aliphatic carbocycles. The summed E-state index contributed by atoms with van der Waals surface area (Å²) in [6.07, 6.45) is 0. The third-order valence-electron chi connectivity index (χ3n) is 2.46. The molecule has 0 radical (unpaired) electrons. The molecule has 16 heavy (non-hydrogen) atoms. The summed E-state index contributed by atoms with van der Waals surface area (Å²) in [6.45, 7) is 0. The van der Waals surface area contributed by atoms with Crippen LogP contribution in [-0.2, 0) is 0 Å². The van der Waals surface area contributed by atoms with Gasteiger partial charge in [-0.15, -0.1) is 0 Å². The van der Waals surface area contributed by atoms with E-state index in [2.05, 4.69) is 0 Å². The van der Waals surface area contributed by atoms with E-state index >= 15 is 0 Å². The zero-order chi connectivity index (χ0) is 11.7. The fourth-order valence-electron chi connectivity index (χ4n) is 1.78. The van der Waals surface area contributed by atoms with E-state index in [9.17, 15) is 10.0 Å². The Morgan fingerprint density at radius 2 is 1.94 bits per heavy atom. The predicted molar refractivity (Wildman–Crippen MR) is 65.3 cm³/mol. The number of ether oxygens (including phenoxy) is 1. The molecular weight excluding hydrogens is 226 g/mol. The van der Waals surface area contributed by atoms with Crippen LogP contribution >= 0.6 is 11.6 Å². The second-order valence-electron chi connectivity index (χ2n) is 3.40. The first-order valence-electron chi connectivity index (χ1n) is 4.76. The molecule has 0 aromatic heterocycles. The topological polar surface area (TPSA) is 49.7 Å². The highest BCUT2D eigenvalue weighted by Crippen LogP contribution is 2.28. The van der Waals surface area contributed by atoms with Crippen molar-refractivity contribution in [2.24, 2.45) is 0 Å². The monoisotopic (exact) mass is 236 g/mol. The van der Waals surface area contributed by atoms with Crippen molar-refractivity contribution in [3.8, 4) is 5.75 Å². The zero-order valence-electron chi connectivity index (χ0n) is 8.64. The van der Waals surface area contributed by atoms with Crippen LogP contribution in [0, 0.1) is 0 Å². The molecule has 0 fully saturated rings. The van der Waals surface area contributed by atoms with Crippen molar-refractivity contribution in [2.75, 3.05) is 7.11 Å².